The summed E-state index contributed by atoms with van der Waals surface area (Å²) in [6, 6.07) is 0. The molecule has 0 saturated carbocycles. The third-order valence-electron chi connectivity index (χ3n) is 3.58. The van der Waals surface area contributed by atoms with Crippen molar-refractivity contribution in [1.29, 1.82) is 0 Å². The van der Waals surface area contributed by atoms with E-state index in [1.165, 1.54) is 15.5 Å². The van der Waals surface area contributed by atoms with E-state index in [-0.39, 0.29) is 41.1 Å². The molecular formula is C11H17IN5O5+. The van der Waals surface area contributed by atoms with Gasteiger partial charge in [0.15, 0.2) is 6.33 Å². The van der Waals surface area contributed by atoms with Crippen molar-refractivity contribution in [3.63, 3.8) is 0 Å². The Morgan fingerprint density at radius 3 is 2.77 bits per heavy atom. The molecule has 6 N–H and O–H groups in total. The largest absolute Gasteiger partial charge is 0.394 e. The fraction of sp³-hybridized carbons (Fsp3) is 0.545. The zero-order valence-electron chi connectivity index (χ0n) is 11.6. The molecule has 122 valence electrons. The summed E-state index contributed by atoms with van der Waals surface area (Å²) >= 11 is 0. The van der Waals surface area contributed by atoms with Crippen molar-refractivity contribution >= 4 is 41.1 Å². The van der Waals surface area contributed by atoms with Crippen LogP contribution in [-0.4, -0.2) is 54.8 Å². The number of rotatable bonds is 2. The molecule has 1 aliphatic heterocycles. The lowest BCUT2D eigenvalue weighted by Gasteiger charge is -2.11. The molecule has 0 radical (unpaired) electrons. The maximum Gasteiger partial charge on any atom is 0.313 e. The summed E-state index contributed by atoms with van der Waals surface area (Å²) in [7, 11) is 1.63. The van der Waals surface area contributed by atoms with E-state index in [0.29, 0.717) is 0 Å². The summed E-state index contributed by atoms with van der Waals surface area (Å²) in [6.45, 7) is -0.434. The van der Waals surface area contributed by atoms with Crippen molar-refractivity contribution in [2.75, 3.05) is 12.3 Å². The van der Waals surface area contributed by atoms with Gasteiger partial charge in [-0.05, 0) is 0 Å². The third kappa shape index (κ3) is 2.48. The van der Waals surface area contributed by atoms with Crippen LogP contribution in [0.3, 0.4) is 0 Å². The van der Waals surface area contributed by atoms with E-state index in [1.54, 1.807) is 7.05 Å². The van der Waals surface area contributed by atoms with Crippen molar-refractivity contribution in [2.24, 2.45) is 7.05 Å². The van der Waals surface area contributed by atoms with Crippen LogP contribution in [-0.2, 0) is 11.8 Å². The number of aromatic amines is 1. The lowest BCUT2D eigenvalue weighted by atomic mass is 10.1. The number of nitrogens with one attached hydrogen (secondary N) is 1. The lowest BCUT2D eigenvalue weighted by molar-refractivity contribution is -0.745. The molecule has 0 spiro atoms. The molecule has 1 fully saturated rings. The minimum atomic E-state index is -1.26. The number of aryl methyl sites for hydroxylation is 1. The van der Waals surface area contributed by atoms with Crippen LogP contribution in [0.1, 0.15) is 6.23 Å². The second kappa shape index (κ2) is 6.08. The lowest BCUT2D eigenvalue weighted by Crippen LogP contribution is -2.46. The minimum absolute atomic E-state index is 0. The van der Waals surface area contributed by atoms with Crippen molar-refractivity contribution in [3.8, 4) is 0 Å². The van der Waals surface area contributed by atoms with Crippen LogP contribution >= 0.6 is 24.0 Å². The van der Waals surface area contributed by atoms with Crippen LogP contribution in [0.25, 0.3) is 11.2 Å². The molecule has 4 atom stereocenters. The van der Waals surface area contributed by atoms with Gasteiger partial charge in [0.1, 0.15) is 18.3 Å². The highest BCUT2D eigenvalue weighted by atomic mass is 127. The Labute approximate surface area is 141 Å². The third-order valence-corrected chi connectivity index (χ3v) is 3.58. The molecule has 10 nitrogen and oxygen atoms in total. The number of H-pyrrole nitrogens is 1. The van der Waals surface area contributed by atoms with E-state index in [1.807, 2.05) is 0 Å². The standard InChI is InChI=1S/C11H15N5O5.HI/c1-15-3-16(8-5(15)9(20)14-11(12)13-8)10-7(19)6(18)4(2-17)21-10;/h3-4,6-7,10,17-19H,2H2,1H3,(H2-,12,13,14,20);1H/p+1/t4-,6-,7-,10-;/m1./s1. The number of nitrogens with two attached hydrogens (primary N) is 1. The zero-order valence-corrected chi connectivity index (χ0v) is 13.9. The number of aliphatic hydroxyl groups is 3. The van der Waals surface area contributed by atoms with Crippen LogP contribution in [0, 0.1) is 0 Å². The summed E-state index contributed by atoms with van der Waals surface area (Å²) in [5, 5.41) is 29.0. The molecule has 2 aromatic rings. The first-order valence-corrected chi connectivity index (χ1v) is 6.32. The van der Waals surface area contributed by atoms with E-state index >= 15 is 0 Å². The zero-order chi connectivity index (χ0) is 15.3. The Balaban J connectivity index is 0.00000176. The number of aliphatic hydroxyl groups excluding tert-OH is 3. The number of ether oxygens (including phenoxy) is 1. The van der Waals surface area contributed by atoms with Gasteiger partial charge >= 0.3 is 5.65 Å². The van der Waals surface area contributed by atoms with Gasteiger partial charge in [0.2, 0.25) is 11.7 Å². The number of hydrogen-bond donors (Lipinski definition) is 5. The molecular weight excluding hydrogens is 409 g/mol. The smallest absolute Gasteiger partial charge is 0.313 e. The molecule has 2 aromatic heterocycles. The number of aromatic nitrogens is 4. The van der Waals surface area contributed by atoms with E-state index in [2.05, 4.69) is 9.97 Å². The summed E-state index contributed by atoms with van der Waals surface area (Å²) in [4.78, 5) is 18.3. The predicted octanol–water partition coefficient (Wildman–Crippen LogP) is -2.64. The Morgan fingerprint density at radius 1 is 1.50 bits per heavy atom. The maximum absolute atomic E-state index is 11.9. The fourth-order valence-electron chi connectivity index (χ4n) is 2.57. The summed E-state index contributed by atoms with van der Waals surface area (Å²) in [6.07, 6.45) is -2.88. The molecule has 22 heavy (non-hydrogen) atoms. The number of hydrogen-bond acceptors (Lipinski definition) is 7. The minimum Gasteiger partial charge on any atom is -0.394 e. The summed E-state index contributed by atoms with van der Waals surface area (Å²) in [5.74, 6) is -0.0702. The van der Waals surface area contributed by atoms with E-state index in [0.717, 1.165) is 0 Å². The second-order valence-electron chi connectivity index (χ2n) is 4.99. The van der Waals surface area contributed by atoms with Gasteiger partial charge in [-0.15, -0.1) is 24.0 Å². The number of imidazole rings is 1. The van der Waals surface area contributed by atoms with Gasteiger partial charge in [-0.1, -0.05) is 4.98 Å². The summed E-state index contributed by atoms with van der Waals surface area (Å²) in [5.41, 5.74) is 5.58. The molecule has 11 heteroatoms. The SMILES string of the molecule is Cn1c[n+]([C@@H]2O[C@H](CO)[C@@H](O)[C@H]2O)c2nc(N)[nH]c(=O)c21.I. The molecule has 0 aliphatic carbocycles. The Bertz CT molecular complexity index is 746. The van der Waals surface area contributed by atoms with Crippen molar-refractivity contribution in [2.45, 2.75) is 24.5 Å². The normalized spacial score (nSPS) is 28.0. The van der Waals surface area contributed by atoms with E-state index in [9.17, 15) is 15.0 Å². The predicted molar refractivity (Wildman–Crippen MR) is 84.4 cm³/mol. The van der Waals surface area contributed by atoms with Gasteiger partial charge in [0.25, 0.3) is 11.5 Å². The average molecular weight is 426 g/mol. The second-order valence-corrected chi connectivity index (χ2v) is 4.99. The molecule has 1 aliphatic rings. The Hall–Kier alpha value is -1.28. The molecule has 1 saturated heterocycles. The van der Waals surface area contributed by atoms with Crippen LogP contribution in [0.2, 0.25) is 0 Å². The van der Waals surface area contributed by atoms with Crippen molar-refractivity contribution < 1.29 is 24.6 Å². The Kier molecular flexibility index (Phi) is 4.72. The Morgan fingerprint density at radius 2 is 2.18 bits per heavy atom. The van der Waals surface area contributed by atoms with Gasteiger partial charge < -0.3 is 25.8 Å². The van der Waals surface area contributed by atoms with Gasteiger partial charge in [0, 0.05) is 0 Å². The average Bonchev–Trinajstić information content (AvgIpc) is 2.89. The molecule has 0 amide bonds. The fourth-order valence-corrected chi connectivity index (χ4v) is 2.57. The molecule has 0 bridgehead atoms. The highest BCUT2D eigenvalue weighted by Crippen LogP contribution is 2.26. The monoisotopic (exact) mass is 426 g/mol. The van der Waals surface area contributed by atoms with Gasteiger partial charge in [-0.2, -0.15) is 0 Å². The molecule has 3 heterocycles. The van der Waals surface area contributed by atoms with Crippen molar-refractivity contribution in [1.82, 2.24) is 14.5 Å². The van der Waals surface area contributed by atoms with E-state index < -0.39 is 36.7 Å². The maximum atomic E-state index is 11.9. The number of nitrogen functional groups attached to an aromatic ring is 1. The van der Waals surface area contributed by atoms with Crippen LogP contribution in [0.4, 0.5) is 5.95 Å². The molecule has 3 rings (SSSR count). The van der Waals surface area contributed by atoms with Gasteiger partial charge in [-0.3, -0.25) is 14.3 Å². The highest BCUT2D eigenvalue weighted by molar-refractivity contribution is 14.0. The van der Waals surface area contributed by atoms with E-state index in [4.69, 9.17) is 15.6 Å². The first-order chi connectivity index (χ1) is 9.93. The number of nitrogens with zero attached hydrogens (tertiary/aromatic N) is 3. The number of halogens is 1. The topological polar surface area (TPSA) is 150 Å². The summed E-state index contributed by atoms with van der Waals surface area (Å²) < 4.78 is 8.35. The van der Waals surface area contributed by atoms with Crippen LogP contribution < -0.4 is 15.9 Å². The molecule has 0 unspecified atom stereocenters. The van der Waals surface area contributed by atoms with Gasteiger partial charge in [0.05, 0.1) is 13.7 Å². The molecule has 0 aromatic carbocycles. The first-order valence-electron chi connectivity index (χ1n) is 6.32. The quantitative estimate of drug-likeness (QED) is 0.260. The van der Waals surface area contributed by atoms with Crippen LogP contribution in [0.5, 0.6) is 0 Å². The van der Waals surface area contributed by atoms with Crippen molar-refractivity contribution in [3.05, 3.63) is 16.7 Å². The number of anilines is 1. The van der Waals surface area contributed by atoms with Gasteiger partial charge in [-0.25, -0.2) is 4.57 Å². The highest BCUT2D eigenvalue weighted by Gasteiger charge is 2.46. The van der Waals surface area contributed by atoms with Crippen LogP contribution in [0.15, 0.2) is 11.1 Å². The number of fused-ring (bicyclic) bond motifs is 1. The first kappa shape index (κ1) is 17.1.